The molecule has 3 aromatic carbocycles. The lowest BCUT2D eigenvalue weighted by Crippen LogP contribution is -2.22. The fourth-order valence-electron chi connectivity index (χ4n) is 3.01. The molecule has 30 heavy (non-hydrogen) atoms. The van der Waals surface area contributed by atoms with Crippen LogP contribution in [0.25, 0.3) is 6.08 Å². The Balaban J connectivity index is 1.40. The van der Waals surface area contributed by atoms with Gasteiger partial charge in [0.2, 0.25) is 0 Å². The fourth-order valence-corrected chi connectivity index (χ4v) is 3.96. The van der Waals surface area contributed by atoms with Crippen LogP contribution in [-0.2, 0) is 11.3 Å². The molecular weight excluding hydrogens is 396 g/mol. The van der Waals surface area contributed by atoms with Crippen LogP contribution in [0.4, 0.5) is 5.69 Å². The second-order valence-corrected chi connectivity index (χ2v) is 7.80. The molecule has 0 fully saturated rings. The lowest BCUT2D eigenvalue weighted by Gasteiger charge is -2.18. The number of amides is 2. The molecule has 0 aromatic heterocycles. The molecule has 0 spiro atoms. The summed E-state index contributed by atoms with van der Waals surface area (Å²) in [4.78, 5) is 26.4. The van der Waals surface area contributed by atoms with Crippen LogP contribution in [0.5, 0.6) is 5.75 Å². The van der Waals surface area contributed by atoms with Crippen molar-refractivity contribution in [1.29, 1.82) is 0 Å². The van der Waals surface area contributed by atoms with Crippen molar-refractivity contribution in [3.63, 3.8) is 0 Å². The third kappa shape index (κ3) is 4.55. The molecule has 1 aliphatic heterocycles. The van der Waals surface area contributed by atoms with Gasteiger partial charge in [0.05, 0.1) is 17.7 Å². The smallest absolute Gasteiger partial charge is 0.262 e. The van der Waals surface area contributed by atoms with Gasteiger partial charge in [-0.15, -0.1) is 0 Å². The Hall–Kier alpha value is -3.51. The zero-order valence-electron chi connectivity index (χ0n) is 16.3. The van der Waals surface area contributed by atoms with Gasteiger partial charge in [0.15, 0.2) is 0 Å². The molecule has 0 bridgehead atoms. The maximum absolute atomic E-state index is 12.4. The molecule has 4 rings (SSSR count). The molecule has 0 saturated carbocycles. The molecule has 1 heterocycles. The van der Waals surface area contributed by atoms with E-state index in [0.29, 0.717) is 17.0 Å². The minimum atomic E-state index is -0.149. The number of hydrogen-bond donors (Lipinski definition) is 2. The molecule has 2 amide bonds. The van der Waals surface area contributed by atoms with Crippen LogP contribution in [0.3, 0.4) is 0 Å². The standard InChI is InChI=1S/C24H20N2O3S/c1-29-19-12-8-17(9-13-19)15-25-23(27)18-10-6-16(7-11-18)14-22-24(28)26-20-4-2-3-5-21(20)30-22/h2-14H,15H2,1H3,(H,25,27)(H,26,28)/b22-14+. The Labute approximate surface area is 179 Å². The molecule has 2 N–H and O–H groups in total. The van der Waals surface area contributed by atoms with Crippen molar-refractivity contribution < 1.29 is 14.3 Å². The van der Waals surface area contributed by atoms with E-state index in [1.165, 1.54) is 11.8 Å². The number of carbonyl (C=O) groups is 2. The third-order valence-electron chi connectivity index (χ3n) is 4.66. The van der Waals surface area contributed by atoms with Crippen LogP contribution in [-0.4, -0.2) is 18.9 Å². The number of nitrogens with one attached hydrogen (secondary N) is 2. The Morgan fingerprint density at radius 2 is 1.77 bits per heavy atom. The first-order valence-corrected chi connectivity index (χ1v) is 10.2. The van der Waals surface area contributed by atoms with Gasteiger partial charge in [0.25, 0.3) is 11.8 Å². The van der Waals surface area contributed by atoms with Crippen LogP contribution in [0, 0.1) is 0 Å². The van der Waals surface area contributed by atoms with Gasteiger partial charge < -0.3 is 15.4 Å². The summed E-state index contributed by atoms with van der Waals surface area (Å²) in [5.41, 5.74) is 3.25. The van der Waals surface area contributed by atoms with Crippen LogP contribution >= 0.6 is 11.8 Å². The number of fused-ring (bicyclic) bond motifs is 1. The highest BCUT2D eigenvalue weighted by Crippen LogP contribution is 2.38. The maximum Gasteiger partial charge on any atom is 0.262 e. The van der Waals surface area contributed by atoms with Crippen molar-refractivity contribution in [3.05, 3.63) is 94.4 Å². The predicted octanol–water partition coefficient (Wildman–Crippen LogP) is 4.71. The van der Waals surface area contributed by atoms with Crippen molar-refractivity contribution in [2.45, 2.75) is 11.4 Å². The Morgan fingerprint density at radius 3 is 2.50 bits per heavy atom. The molecule has 0 aliphatic carbocycles. The summed E-state index contributed by atoms with van der Waals surface area (Å²) in [6, 6.07) is 22.5. The highest BCUT2D eigenvalue weighted by atomic mass is 32.2. The van der Waals surface area contributed by atoms with E-state index >= 15 is 0 Å². The van der Waals surface area contributed by atoms with Crippen molar-refractivity contribution in [2.24, 2.45) is 0 Å². The number of carbonyl (C=O) groups excluding carboxylic acids is 2. The Morgan fingerprint density at radius 1 is 1.03 bits per heavy atom. The van der Waals surface area contributed by atoms with Crippen molar-refractivity contribution in [3.8, 4) is 5.75 Å². The van der Waals surface area contributed by atoms with Crippen LogP contribution in [0.1, 0.15) is 21.5 Å². The number of rotatable bonds is 5. The summed E-state index contributed by atoms with van der Waals surface area (Å²) in [6.45, 7) is 0.435. The number of para-hydroxylation sites is 1. The molecular formula is C24H20N2O3S. The average Bonchev–Trinajstić information content (AvgIpc) is 2.79. The highest BCUT2D eigenvalue weighted by molar-refractivity contribution is 8.04. The second kappa shape index (κ2) is 8.88. The summed E-state index contributed by atoms with van der Waals surface area (Å²) in [5, 5.41) is 5.81. The molecule has 5 nitrogen and oxygen atoms in total. The normalized spacial score (nSPS) is 14.0. The van der Waals surface area contributed by atoms with Gasteiger partial charge in [-0.2, -0.15) is 0 Å². The van der Waals surface area contributed by atoms with Crippen molar-refractivity contribution >= 4 is 35.3 Å². The molecule has 150 valence electrons. The van der Waals surface area contributed by atoms with E-state index in [0.717, 1.165) is 27.5 Å². The number of anilines is 1. The van der Waals surface area contributed by atoms with E-state index in [-0.39, 0.29) is 11.8 Å². The number of ether oxygens (including phenoxy) is 1. The third-order valence-corrected chi connectivity index (χ3v) is 5.76. The van der Waals surface area contributed by atoms with E-state index in [1.807, 2.05) is 66.7 Å². The topological polar surface area (TPSA) is 67.4 Å². The maximum atomic E-state index is 12.4. The van der Waals surface area contributed by atoms with E-state index in [1.54, 1.807) is 19.2 Å². The molecule has 0 unspecified atom stereocenters. The van der Waals surface area contributed by atoms with Gasteiger partial charge in [0.1, 0.15) is 5.75 Å². The van der Waals surface area contributed by atoms with E-state index in [9.17, 15) is 9.59 Å². The molecule has 0 saturated heterocycles. The summed E-state index contributed by atoms with van der Waals surface area (Å²) in [5.74, 6) is 0.506. The minimum absolute atomic E-state index is 0.125. The van der Waals surface area contributed by atoms with Gasteiger partial charge in [-0.25, -0.2) is 0 Å². The molecule has 3 aromatic rings. The number of methoxy groups -OCH3 is 1. The first-order valence-electron chi connectivity index (χ1n) is 9.43. The number of hydrogen-bond acceptors (Lipinski definition) is 4. The molecule has 6 heteroatoms. The van der Waals surface area contributed by atoms with E-state index in [4.69, 9.17) is 4.74 Å². The second-order valence-electron chi connectivity index (χ2n) is 6.71. The van der Waals surface area contributed by atoms with Crippen molar-refractivity contribution in [1.82, 2.24) is 5.32 Å². The van der Waals surface area contributed by atoms with Gasteiger partial charge >= 0.3 is 0 Å². The van der Waals surface area contributed by atoms with Gasteiger partial charge in [0, 0.05) is 17.0 Å². The average molecular weight is 417 g/mol. The quantitative estimate of drug-likeness (QED) is 0.591. The highest BCUT2D eigenvalue weighted by Gasteiger charge is 2.20. The van der Waals surface area contributed by atoms with E-state index < -0.39 is 0 Å². The number of benzene rings is 3. The summed E-state index contributed by atoms with van der Waals surface area (Å²) >= 11 is 1.44. The van der Waals surface area contributed by atoms with Gasteiger partial charge in [-0.05, 0) is 53.6 Å². The molecule has 0 atom stereocenters. The van der Waals surface area contributed by atoms with Gasteiger partial charge in [-0.3, -0.25) is 9.59 Å². The van der Waals surface area contributed by atoms with Crippen LogP contribution in [0.2, 0.25) is 0 Å². The zero-order chi connectivity index (χ0) is 20.9. The Kier molecular flexibility index (Phi) is 5.86. The summed E-state index contributed by atoms with van der Waals surface area (Å²) in [7, 11) is 1.62. The van der Waals surface area contributed by atoms with Crippen LogP contribution < -0.4 is 15.4 Å². The van der Waals surface area contributed by atoms with Gasteiger partial charge in [-0.1, -0.05) is 48.2 Å². The fraction of sp³-hybridized carbons (Fsp3) is 0.0833. The summed E-state index contributed by atoms with van der Waals surface area (Å²) < 4.78 is 5.14. The molecule has 1 aliphatic rings. The predicted molar refractivity (Wildman–Crippen MR) is 120 cm³/mol. The lowest BCUT2D eigenvalue weighted by atomic mass is 10.1. The first-order chi connectivity index (χ1) is 14.6. The monoisotopic (exact) mass is 416 g/mol. The van der Waals surface area contributed by atoms with E-state index in [2.05, 4.69) is 10.6 Å². The minimum Gasteiger partial charge on any atom is -0.497 e. The van der Waals surface area contributed by atoms with Crippen LogP contribution in [0.15, 0.2) is 82.6 Å². The van der Waals surface area contributed by atoms with Crippen molar-refractivity contribution in [2.75, 3.05) is 12.4 Å². The SMILES string of the molecule is COc1ccc(CNC(=O)c2ccc(/C=C3/Sc4ccccc4NC3=O)cc2)cc1. The lowest BCUT2D eigenvalue weighted by molar-refractivity contribution is -0.112. The Bertz CT molecular complexity index is 1110. The summed E-state index contributed by atoms with van der Waals surface area (Å²) in [6.07, 6.45) is 1.83. The number of thioether (sulfide) groups is 1. The molecule has 0 radical (unpaired) electrons. The zero-order valence-corrected chi connectivity index (χ0v) is 17.2. The largest absolute Gasteiger partial charge is 0.497 e. The first kappa shape index (κ1) is 19.8.